The maximum Gasteiger partial charge on any atom is 0.119 e. The number of hydrogen-bond acceptors (Lipinski definition) is 2. The quantitative estimate of drug-likeness (QED) is 0.730. The van der Waals surface area contributed by atoms with Gasteiger partial charge in [-0.15, -0.1) is 0 Å². The molecule has 1 aromatic carbocycles. The molecule has 2 nitrogen and oxygen atoms in total. The Kier molecular flexibility index (Phi) is 4.82. The summed E-state index contributed by atoms with van der Waals surface area (Å²) in [6, 6.07) is 6.13. The van der Waals surface area contributed by atoms with Crippen molar-refractivity contribution in [3.8, 4) is 5.75 Å². The summed E-state index contributed by atoms with van der Waals surface area (Å²) in [5.41, 5.74) is 3.94. The zero-order valence-corrected chi connectivity index (χ0v) is 11.4. The second-order valence-corrected chi connectivity index (χ2v) is 4.89. The molecule has 0 fully saturated rings. The second kappa shape index (κ2) is 6.60. The molecule has 0 spiro atoms. The van der Waals surface area contributed by atoms with Crippen LogP contribution in [0.15, 0.2) is 29.8 Å². The fraction of sp³-hybridized carbons (Fsp3) is 0.500. The second-order valence-electron chi connectivity index (χ2n) is 4.89. The van der Waals surface area contributed by atoms with Crippen LogP contribution in [-0.2, 0) is 11.3 Å². The van der Waals surface area contributed by atoms with Crippen LogP contribution in [0.25, 0.3) is 0 Å². The first-order valence-corrected chi connectivity index (χ1v) is 6.69. The maximum atomic E-state index is 5.80. The Morgan fingerprint density at radius 3 is 2.72 bits per heavy atom. The molecule has 18 heavy (non-hydrogen) atoms. The fourth-order valence-corrected chi connectivity index (χ4v) is 2.29. The van der Waals surface area contributed by atoms with Gasteiger partial charge in [-0.2, -0.15) is 0 Å². The zero-order chi connectivity index (χ0) is 12.8. The molecule has 0 heterocycles. The third-order valence-corrected chi connectivity index (χ3v) is 3.48. The largest absolute Gasteiger partial charge is 0.497 e. The van der Waals surface area contributed by atoms with Crippen LogP contribution in [0.3, 0.4) is 0 Å². The van der Waals surface area contributed by atoms with E-state index in [0.717, 1.165) is 12.4 Å². The number of aryl methyl sites for hydroxylation is 1. The van der Waals surface area contributed by atoms with Crippen molar-refractivity contribution in [2.45, 2.75) is 39.2 Å². The molecule has 0 saturated carbocycles. The molecule has 1 aliphatic rings. The first kappa shape index (κ1) is 13.2. The Labute approximate surface area is 110 Å². The lowest BCUT2D eigenvalue weighted by atomic mass is 10.0. The molecule has 0 aliphatic heterocycles. The predicted molar refractivity (Wildman–Crippen MR) is 73.9 cm³/mol. The van der Waals surface area contributed by atoms with Crippen molar-refractivity contribution in [2.24, 2.45) is 0 Å². The van der Waals surface area contributed by atoms with Crippen molar-refractivity contribution < 1.29 is 9.47 Å². The van der Waals surface area contributed by atoms with Gasteiger partial charge in [0.15, 0.2) is 0 Å². The lowest BCUT2D eigenvalue weighted by Gasteiger charge is -2.14. The number of methoxy groups -OCH3 is 1. The smallest absolute Gasteiger partial charge is 0.119 e. The Balaban J connectivity index is 1.84. The van der Waals surface area contributed by atoms with E-state index in [0.29, 0.717) is 6.61 Å². The SMILES string of the molecule is COc1ccc(COCC2=CCCCC2)c(C)c1. The molecule has 0 unspecified atom stereocenters. The Morgan fingerprint density at radius 1 is 1.17 bits per heavy atom. The van der Waals surface area contributed by atoms with Gasteiger partial charge in [-0.3, -0.25) is 0 Å². The van der Waals surface area contributed by atoms with Crippen molar-refractivity contribution in [1.29, 1.82) is 0 Å². The Bertz CT molecular complexity index is 421. The Hall–Kier alpha value is -1.28. The van der Waals surface area contributed by atoms with E-state index in [1.807, 2.05) is 6.07 Å². The third kappa shape index (κ3) is 3.61. The van der Waals surface area contributed by atoms with Crippen molar-refractivity contribution in [3.63, 3.8) is 0 Å². The molecular formula is C16H22O2. The highest BCUT2D eigenvalue weighted by atomic mass is 16.5. The van der Waals surface area contributed by atoms with E-state index in [1.165, 1.54) is 42.4 Å². The molecule has 0 aromatic heterocycles. The summed E-state index contributed by atoms with van der Waals surface area (Å²) >= 11 is 0. The normalized spacial score (nSPS) is 15.3. The topological polar surface area (TPSA) is 18.5 Å². The van der Waals surface area contributed by atoms with Gasteiger partial charge in [0.25, 0.3) is 0 Å². The van der Waals surface area contributed by atoms with Gasteiger partial charge < -0.3 is 9.47 Å². The highest BCUT2D eigenvalue weighted by molar-refractivity contribution is 5.34. The van der Waals surface area contributed by atoms with Gasteiger partial charge >= 0.3 is 0 Å². The van der Waals surface area contributed by atoms with E-state index >= 15 is 0 Å². The molecule has 1 aliphatic carbocycles. The number of hydrogen-bond donors (Lipinski definition) is 0. The van der Waals surface area contributed by atoms with Crippen LogP contribution < -0.4 is 4.74 Å². The summed E-state index contributed by atoms with van der Waals surface area (Å²) < 4.78 is 11.0. The zero-order valence-electron chi connectivity index (χ0n) is 11.4. The van der Waals surface area contributed by atoms with Crippen LogP contribution >= 0.6 is 0 Å². The van der Waals surface area contributed by atoms with Gasteiger partial charge in [-0.25, -0.2) is 0 Å². The first-order valence-electron chi connectivity index (χ1n) is 6.69. The molecule has 2 heteroatoms. The summed E-state index contributed by atoms with van der Waals surface area (Å²) in [6.07, 6.45) is 7.42. The van der Waals surface area contributed by atoms with Gasteiger partial charge in [-0.1, -0.05) is 12.1 Å². The van der Waals surface area contributed by atoms with Gasteiger partial charge in [0, 0.05) is 0 Å². The van der Waals surface area contributed by atoms with Crippen LogP contribution in [0.2, 0.25) is 0 Å². The average molecular weight is 246 g/mol. The van der Waals surface area contributed by atoms with E-state index in [4.69, 9.17) is 9.47 Å². The maximum absolute atomic E-state index is 5.80. The first-order chi connectivity index (χ1) is 8.79. The minimum atomic E-state index is 0.688. The molecule has 0 atom stereocenters. The van der Waals surface area contributed by atoms with E-state index in [9.17, 15) is 0 Å². The summed E-state index contributed by atoms with van der Waals surface area (Å²) in [7, 11) is 1.69. The summed E-state index contributed by atoms with van der Waals surface area (Å²) in [4.78, 5) is 0. The van der Waals surface area contributed by atoms with E-state index in [-0.39, 0.29) is 0 Å². The summed E-state index contributed by atoms with van der Waals surface area (Å²) in [5.74, 6) is 0.909. The predicted octanol–water partition coefficient (Wildman–Crippen LogP) is 4.02. The van der Waals surface area contributed by atoms with Gasteiger partial charge in [-0.05, 0) is 61.4 Å². The van der Waals surface area contributed by atoms with Crippen molar-refractivity contribution in [2.75, 3.05) is 13.7 Å². The molecule has 2 rings (SSSR count). The summed E-state index contributed by atoms with van der Waals surface area (Å²) in [6.45, 7) is 3.57. The van der Waals surface area contributed by atoms with Crippen LogP contribution in [0.5, 0.6) is 5.75 Å². The molecule has 0 N–H and O–H groups in total. The number of allylic oxidation sites excluding steroid dienone is 1. The van der Waals surface area contributed by atoms with Crippen molar-refractivity contribution in [3.05, 3.63) is 41.0 Å². The molecule has 98 valence electrons. The van der Waals surface area contributed by atoms with Crippen LogP contribution in [0.1, 0.15) is 36.8 Å². The molecule has 0 radical (unpaired) electrons. The van der Waals surface area contributed by atoms with Gasteiger partial charge in [0.1, 0.15) is 5.75 Å². The van der Waals surface area contributed by atoms with E-state index < -0.39 is 0 Å². The number of ether oxygens (including phenoxy) is 2. The Morgan fingerprint density at radius 2 is 2.06 bits per heavy atom. The third-order valence-electron chi connectivity index (χ3n) is 3.48. The highest BCUT2D eigenvalue weighted by Crippen LogP contribution is 2.20. The molecular weight excluding hydrogens is 224 g/mol. The standard InChI is InChI=1S/C16H22O2/c1-13-10-16(17-2)9-8-15(13)12-18-11-14-6-4-3-5-7-14/h6,8-10H,3-5,7,11-12H2,1-2H3. The van der Waals surface area contributed by atoms with Gasteiger partial charge in [0.2, 0.25) is 0 Å². The fourth-order valence-electron chi connectivity index (χ4n) is 2.29. The van der Waals surface area contributed by atoms with Crippen LogP contribution in [0.4, 0.5) is 0 Å². The number of rotatable bonds is 5. The van der Waals surface area contributed by atoms with E-state index in [1.54, 1.807) is 7.11 Å². The average Bonchev–Trinajstić information content (AvgIpc) is 2.42. The number of benzene rings is 1. The van der Waals surface area contributed by atoms with Crippen molar-refractivity contribution >= 4 is 0 Å². The van der Waals surface area contributed by atoms with Crippen molar-refractivity contribution in [1.82, 2.24) is 0 Å². The van der Waals surface area contributed by atoms with E-state index in [2.05, 4.69) is 25.1 Å². The van der Waals surface area contributed by atoms with Crippen LogP contribution in [-0.4, -0.2) is 13.7 Å². The van der Waals surface area contributed by atoms with Crippen LogP contribution in [0, 0.1) is 6.92 Å². The summed E-state index contributed by atoms with van der Waals surface area (Å²) in [5, 5.41) is 0. The highest BCUT2D eigenvalue weighted by Gasteiger charge is 2.05. The molecule has 1 aromatic rings. The lowest BCUT2D eigenvalue weighted by molar-refractivity contribution is 0.139. The monoisotopic (exact) mass is 246 g/mol. The minimum Gasteiger partial charge on any atom is -0.497 e. The van der Waals surface area contributed by atoms with Gasteiger partial charge in [0.05, 0.1) is 20.3 Å². The molecule has 0 saturated heterocycles. The molecule has 0 bridgehead atoms. The minimum absolute atomic E-state index is 0.688. The molecule has 0 amide bonds. The lowest BCUT2D eigenvalue weighted by Crippen LogP contribution is -2.03.